The summed E-state index contributed by atoms with van der Waals surface area (Å²) in [6.45, 7) is 10.1. The van der Waals surface area contributed by atoms with Gasteiger partial charge in [-0.25, -0.2) is 4.79 Å². The van der Waals surface area contributed by atoms with Gasteiger partial charge in [-0.1, -0.05) is 32.9 Å². The third-order valence-electron chi connectivity index (χ3n) is 10.5. The van der Waals surface area contributed by atoms with Crippen LogP contribution in [0.2, 0.25) is 0 Å². The molecule has 2 heterocycles. The number of aliphatic carboxylic acids is 1. The van der Waals surface area contributed by atoms with E-state index in [1.807, 2.05) is 33.8 Å². The molecule has 0 aromatic heterocycles. The molecule has 4 fully saturated rings. The lowest BCUT2D eigenvalue weighted by atomic mass is 9.39. The van der Waals surface area contributed by atoms with E-state index in [-0.39, 0.29) is 36.1 Å². The van der Waals surface area contributed by atoms with Crippen molar-refractivity contribution in [1.29, 1.82) is 0 Å². The second-order valence-electron chi connectivity index (χ2n) is 12.1. The average molecular weight is 427 g/mol. The maximum Gasteiger partial charge on any atom is 0.332 e. The number of hydrogen-bond acceptors (Lipinski definition) is 5. The molecule has 6 nitrogen and oxygen atoms in total. The maximum absolute atomic E-state index is 13.4. The summed E-state index contributed by atoms with van der Waals surface area (Å²) in [5.74, 6) is -1.90. The molecular weight excluding hydrogens is 396 g/mol. The molecule has 166 valence electrons. The highest BCUT2D eigenvalue weighted by Crippen LogP contribution is 2.85. The molecule has 0 aromatic carbocycles. The van der Waals surface area contributed by atoms with E-state index >= 15 is 0 Å². The van der Waals surface area contributed by atoms with Crippen molar-refractivity contribution in [3.63, 3.8) is 0 Å². The molecule has 5 bridgehead atoms. The number of carbonyl (C=O) groups is 3. The van der Waals surface area contributed by atoms with Gasteiger partial charge >= 0.3 is 5.97 Å². The van der Waals surface area contributed by atoms with Gasteiger partial charge in [-0.05, 0) is 45.1 Å². The van der Waals surface area contributed by atoms with Crippen LogP contribution in [0.3, 0.4) is 0 Å². The number of allylic oxidation sites excluding steroid dienone is 2. The number of carboxylic acids is 1. The molecule has 7 rings (SSSR count). The molecule has 0 amide bonds. The van der Waals surface area contributed by atoms with E-state index in [1.54, 1.807) is 12.2 Å². The topological polar surface area (TPSA) is 89.9 Å². The van der Waals surface area contributed by atoms with Gasteiger partial charge in [0.1, 0.15) is 5.78 Å². The van der Waals surface area contributed by atoms with Gasteiger partial charge in [-0.2, -0.15) is 0 Å². The van der Waals surface area contributed by atoms with Gasteiger partial charge in [0.05, 0.1) is 17.6 Å². The average Bonchev–Trinajstić information content (AvgIpc) is 3.01. The highest BCUT2D eigenvalue weighted by Gasteiger charge is 2.91. The number of hydrogen-bond donors (Lipinski definition) is 1. The summed E-state index contributed by atoms with van der Waals surface area (Å²) in [4.78, 5) is 38.8. The fraction of sp³-hybridized carbons (Fsp3) is 0.720. The molecular formula is C25H30O6. The Kier molecular flexibility index (Phi) is 3.15. The minimum absolute atomic E-state index is 0.00171. The maximum atomic E-state index is 13.4. The first-order valence-corrected chi connectivity index (χ1v) is 11.3. The van der Waals surface area contributed by atoms with Crippen molar-refractivity contribution in [2.45, 2.75) is 71.7 Å². The minimum atomic E-state index is -1.07. The summed E-state index contributed by atoms with van der Waals surface area (Å²) < 4.78 is 13.6. The van der Waals surface area contributed by atoms with E-state index in [0.717, 1.165) is 6.42 Å². The number of rotatable bonds is 1. The summed E-state index contributed by atoms with van der Waals surface area (Å²) in [6, 6.07) is 0. The van der Waals surface area contributed by atoms with Gasteiger partial charge < -0.3 is 14.6 Å². The second kappa shape index (κ2) is 4.91. The molecule has 2 spiro atoms. The molecule has 2 saturated carbocycles. The first kappa shape index (κ1) is 19.9. The Morgan fingerprint density at radius 1 is 1.16 bits per heavy atom. The Morgan fingerprint density at radius 2 is 1.87 bits per heavy atom. The molecule has 0 aromatic rings. The lowest BCUT2D eigenvalue weighted by Gasteiger charge is -2.63. The van der Waals surface area contributed by atoms with Crippen LogP contribution in [0.4, 0.5) is 0 Å². The van der Waals surface area contributed by atoms with Crippen LogP contribution in [0.1, 0.15) is 60.3 Å². The third kappa shape index (κ3) is 1.62. The van der Waals surface area contributed by atoms with Gasteiger partial charge in [0.2, 0.25) is 0 Å². The molecule has 7 atom stereocenters. The van der Waals surface area contributed by atoms with Gasteiger partial charge in [-0.15, -0.1) is 0 Å². The lowest BCUT2D eigenvalue weighted by Crippen LogP contribution is -2.68. The summed E-state index contributed by atoms with van der Waals surface area (Å²) >= 11 is 0. The molecule has 31 heavy (non-hydrogen) atoms. The van der Waals surface area contributed by atoms with Gasteiger partial charge in [0.15, 0.2) is 11.6 Å². The normalized spacial score (nSPS) is 55.5. The number of carbonyl (C=O) groups excluding carboxylic acids is 2. The minimum Gasteiger partial charge on any atom is -0.478 e. The highest BCUT2D eigenvalue weighted by molar-refractivity contribution is 5.98. The number of fused-ring (bicyclic) bond motifs is 2. The number of ether oxygens (including phenoxy) is 2. The molecule has 0 unspecified atom stereocenters. The lowest BCUT2D eigenvalue weighted by molar-refractivity contribution is -0.357. The quantitative estimate of drug-likeness (QED) is 0.691. The van der Waals surface area contributed by atoms with Crippen LogP contribution >= 0.6 is 0 Å². The van der Waals surface area contributed by atoms with Crippen molar-refractivity contribution in [1.82, 2.24) is 0 Å². The second-order valence-corrected chi connectivity index (χ2v) is 12.1. The van der Waals surface area contributed by atoms with Crippen molar-refractivity contribution in [3.8, 4) is 0 Å². The van der Waals surface area contributed by atoms with Crippen molar-refractivity contribution >= 4 is 17.5 Å². The zero-order valence-electron chi connectivity index (χ0n) is 18.8. The van der Waals surface area contributed by atoms with E-state index in [4.69, 9.17) is 9.47 Å². The van der Waals surface area contributed by atoms with E-state index < -0.39 is 44.4 Å². The summed E-state index contributed by atoms with van der Waals surface area (Å²) in [5, 5.41) is 10.3. The van der Waals surface area contributed by atoms with Gasteiger partial charge in [0.25, 0.3) is 0 Å². The van der Waals surface area contributed by atoms with Crippen molar-refractivity contribution in [3.05, 3.63) is 23.8 Å². The summed E-state index contributed by atoms with van der Waals surface area (Å²) in [7, 11) is 0. The zero-order valence-corrected chi connectivity index (χ0v) is 18.8. The summed E-state index contributed by atoms with van der Waals surface area (Å²) in [5.41, 5.74) is -4.23. The van der Waals surface area contributed by atoms with E-state index in [0.29, 0.717) is 12.8 Å². The molecule has 6 heteroatoms. The largest absolute Gasteiger partial charge is 0.478 e. The highest BCUT2D eigenvalue weighted by atomic mass is 16.7. The monoisotopic (exact) mass is 426 g/mol. The number of carboxylic acid groups (broad SMARTS) is 1. The molecule has 5 aliphatic carbocycles. The van der Waals surface area contributed by atoms with E-state index in [1.165, 1.54) is 0 Å². The standard InChI is InChI=1S/C25H30O6/c1-19(2)15-6-9-23-12-20(3)10-14(18(28)29)24(23)13-30-25(23,21(15,4)8-7-16(19)26)31-22(24,5)11-17(20)27/h7-8,10,15H,6,9,11-13H2,1-5H3,(H,28,29)/t15-,20+,21-,22-,23+,24+,25+/m1/s1. The van der Waals surface area contributed by atoms with Crippen LogP contribution < -0.4 is 0 Å². The fourth-order valence-electron chi connectivity index (χ4n) is 9.22. The van der Waals surface area contributed by atoms with Crippen LogP contribution in [0, 0.1) is 33.0 Å². The summed E-state index contributed by atoms with van der Waals surface area (Å²) in [6.07, 6.45) is 7.49. The Morgan fingerprint density at radius 3 is 2.55 bits per heavy atom. The van der Waals surface area contributed by atoms with Crippen molar-refractivity contribution < 1.29 is 29.0 Å². The van der Waals surface area contributed by atoms with Crippen LogP contribution in [0.5, 0.6) is 0 Å². The van der Waals surface area contributed by atoms with Crippen molar-refractivity contribution in [2.24, 2.45) is 33.0 Å². The van der Waals surface area contributed by atoms with Crippen LogP contribution in [-0.2, 0) is 23.9 Å². The van der Waals surface area contributed by atoms with Gasteiger partial charge in [-0.3, -0.25) is 9.59 Å². The molecule has 0 radical (unpaired) electrons. The fourth-order valence-corrected chi connectivity index (χ4v) is 9.22. The Bertz CT molecular complexity index is 1050. The Hall–Kier alpha value is -1.79. The number of Topliss-reactive ketones (excluding diaryl/α,β-unsaturated/α-hetero) is 1. The van der Waals surface area contributed by atoms with Crippen LogP contribution in [-0.4, -0.2) is 40.6 Å². The zero-order chi connectivity index (χ0) is 22.5. The van der Waals surface area contributed by atoms with Gasteiger partial charge in [0, 0.05) is 33.7 Å². The predicted octanol–water partition coefficient (Wildman–Crippen LogP) is 3.45. The first-order chi connectivity index (χ1) is 14.3. The van der Waals surface area contributed by atoms with Crippen LogP contribution in [0.25, 0.3) is 0 Å². The van der Waals surface area contributed by atoms with E-state index in [9.17, 15) is 19.5 Å². The first-order valence-electron chi connectivity index (χ1n) is 11.3. The molecule has 2 aliphatic heterocycles. The SMILES string of the molecule is CC1(C)C(=O)C=C[C@]2(C)[C@@H]1CC[C@]13C[C@]4(C)C=C(C(=O)O)[C@]15CO[C@@]32O[C@]5(C)CC4=O. The predicted molar refractivity (Wildman–Crippen MR) is 110 cm³/mol. The van der Waals surface area contributed by atoms with Crippen LogP contribution in [0.15, 0.2) is 23.8 Å². The smallest absolute Gasteiger partial charge is 0.332 e. The van der Waals surface area contributed by atoms with E-state index in [2.05, 4.69) is 6.92 Å². The molecule has 1 N–H and O–H groups in total. The van der Waals surface area contributed by atoms with Crippen molar-refractivity contribution in [2.75, 3.05) is 6.61 Å². The Balaban J connectivity index is 1.69. The molecule has 2 saturated heterocycles. The molecule has 7 aliphatic rings. The Labute approximate surface area is 182 Å². The number of ketones is 2. The third-order valence-corrected chi connectivity index (χ3v) is 10.5.